The number of hydrogen-bond donors (Lipinski definition) is 1. The van der Waals surface area contributed by atoms with Crippen LogP contribution in [0.2, 0.25) is 0 Å². The van der Waals surface area contributed by atoms with Crippen LogP contribution in [0.4, 0.5) is 0 Å². The minimum absolute atomic E-state index is 0.117. The van der Waals surface area contributed by atoms with Gasteiger partial charge in [-0.25, -0.2) is 0 Å². The fraction of sp³-hybridized carbons (Fsp3) is 0.0938. The number of ether oxygens (including phenoxy) is 1. The van der Waals surface area contributed by atoms with Gasteiger partial charge < -0.3 is 14.4 Å². The Morgan fingerprint density at radius 3 is 2.25 bits per heavy atom. The molecular formula is C32H27NO3. The highest BCUT2D eigenvalue weighted by atomic mass is 16.5. The topological polar surface area (TPSA) is 51.5 Å². The van der Waals surface area contributed by atoms with E-state index in [1.807, 2.05) is 54.6 Å². The van der Waals surface area contributed by atoms with Crippen LogP contribution in [0.25, 0.3) is 28.7 Å². The van der Waals surface area contributed by atoms with E-state index < -0.39 is 5.97 Å². The van der Waals surface area contributed by atoms with Crippen LogP contribution < -0.4 is 4.74 Å². The largest absolute Gasteiger partial charge is 0.489 e. The number of rotatable bonds is 9. The van der Waals surface area contributed by atoms with Crippen molar-refractivity contribution in [2.75, 3.05) is 0 Å². The summed E-state index contributed by atoms with van der Waals surface area (Å²) in [6, 6.07) is 34.6. The summed E-state index contributed by atoms with van der Waals surface area (Å²) in [5.74, 6) is 0.0330. The molecule has 4 aromatic carbocycles. The van der Waals surface area contributed by atoms with Crippen molar-refractivity contribution in [2.24, 2.45) is 0 Å². The summed E-state index contributed by atoms with van der Waals surface area (Å²) in [6.45, 7) is 0.528. The normalized spacial score (nSPS) is 11.2. The van der Waals surface area contributed by atoms with E-state index in [1.54, 1.807) is 0 Å². The molecule has 0 bridgehead atoms. The number of fused-ring (bicyclic) bond motifs is 1. The van der Waals surface area contributed by atoms with Gasteiger partial charge in [-0.1, -0.05) is 78.9 Å². The highest BCUT2D eigenvalue weighted by Gasteiger charge is 2.11. The fourth-order valence-electron chi connectivity index (χ4n) is 4.25. The first kappa shape index (κ1) is 23.2. The number of aromatic nitrogens is 1. The second kappa shape index (κ2) is 10.8. The summed E-state index contributed by atoms with van der Waals surface area (Å²) >= 11 is 0. The predicted octanol–water partition coefficient (Wildman–Crippen LogP) is 7.40. The molecular weight excluding hydrogens is 446 g/mol. The minimum atomic E-state index is -0.786. The third-order valence-corrected chi connectivity index (χ3v) is 6.15. The average Bonchev–Trinajstić information content (AvgIpc) is 3.29. The Bertz CT molecular complexity index is 1480. The molecule has 0 atom stereocenters. The third kappa shape index (κ3) is 5.56. The average molecular weight is 474 g/mol. The summed E-state index contributed by atoms with van der Waals surface area (Å²) in [6.07, 6.45) is 6.97. The van der Waals surface area contributed by atoms with E-state index in [0.29, 0.717) is 13.0 Å². The van der Waals surface area contributed by atoms with Crippen molar-refractivity contribution in [3.8, 4) is 11.4 Å². The highest BCUT2D eigenvalue weighted by Crippen LogP contribution is 2.29. The maximum atomic E-state index is 11.1. The lowest BCUT2D eigenvalue weighted by Crippen LogP contribution is -1.98. The lowest BCUT2D eigenvalue weighted by atomic mass is 10.0. The SMILES string of the molecule is O=C(O)CCc1ccc2c(c1)c(C=Cc1ccccc1)cn2-c1ccc(OCc2ccccc2)cc1. The zero-order chi connectivity index (χ0) is 24.7. The number of aliphatic carboxylic acids is 1. The van der Waals surface area contributed by atoms with Crippen molar-refractivity contribution in [1.29, 1.82) is 0 Å². The molecule has 1 N–H and O–H groups in total. The zero-order valence-corrected chi connectivity index (χ0v) is 19.9. The molecule has 36 heavy (non-hydrogen) atoms. The van der Waals surface area contributed by atoms with Crippen LogP contribution in [0.1, 0.15) is 28.7 Å². The van der Waals surface area contributed by atoms with Gasteiger partial charge in [-0.05, 0) is 59.5 Å². The fourth-order valence-corrected chi connectivity index (χ4v) is 4.25. The third-order valence-electron chi connectivity index (χ3n) is 6.15. The van der Waals surface area contributed by atoms with Gasteiger partial charge in [0.25, 0.3) is 0 Å². The van der Waals surface area contributed by atoms with Gasteiger partial charge in [0.15, 0.2) is 0 Å². The van der Waals surface area contributed by atoms with Crippen molar-refractivity contribution in [2.45, 2.75) is 19.4 Å². The molecule has 0 amide bonds. The molecule has 4 heteroatoms. The molecule has 4 nitrogen and oxygen atoms in total. The molecule has 178 valence electrons. The van der Waals surface area contributed by atoms with Gasteiger partial charge in [0, 0.05) is 29.3 Å². The van der Waals surface area contributed by atoms with E-state index >= 15 is 0 Å². The molecule has 1 aromatic heterocycles. The highest BCUT2D eigenvalue weighted by molar-refractivity contribution is 5.93. The van der Waals surface area contributed by atoms with E-state index in [2.05, 4.69) is 71.4 Å². The number of benzene rings is 4. The first-order valence-corrected chi connectivity index (χ1v) is 12.0. The number of carboxylic acid groups (broad SMARTS) is 1. The van der Waals surface area contributed by atoms with E-state index in [4.69, 9.17) is 9.84 Å². The minimum Gasteiger partial charge on any atom is -0.489 e. The first-order chi connectivity index (χ1) is 17.7. The Hall–Kier alpha value is -4.57. The second-order valence-electron chi connectivity index (χ2n) is 8.71. The van der Waals surface area contributed by atoms with E-state index in [-0.39, 0.29) is 6.42 Å². The number of nitrogens with zero attached hydrogens (tertiary/aromatic N) is 1. The van der Waals surface area contributed by atoms with E-state index in [1.165, 1.54) is 0 Å². The molecule has 0 saturated heterocycles. The lowest BCUT2D eigenvalue weighted by Gasteiger charge is -2.09. The van der Waals surface area contributed by atoms with Crippen molar-refractivity contribution in [1.82, 2.24) is 4.57 Å². The van der Waals surface area contributed by atoms with E-state index in [9.17, 15) is 4.79 Å². The number of aryl methyl sites for hydroxylation is 1. The quantitative estimate of drug-likeness (QED) is 0.243. The van der Waals surface area contributed by atoms with Gasteiger partial charge in [-0.3, -0.25) is 4.79 Å². The molecule has 1 heterocycles. The van der Waals surface area contributed by atoms with Crippen LogP contribution in [0, 0.1) is 0 Å². The number of hydrogen-bond acceptors (Lipinski definition) is 2. The summed E-state index contributed by atoms with van der Waals surface area (Å²) in [4.78, 5) is 11.1. The molecule has 5 aromatic rings. The van der Waals surface area contributed by atoms with Crippen LogP contribution in [0.15, 0.2) is 109 Å². The van der Waals surface area contributed by atoms with Crippen molar-refractivity contribution >= 4 is 29.0 Å². The summed E-state index contributed by atoms with van der Waals surface area (Å²) < 4.78 is 8.13. The number of carbonyl (C=O) groups is 1. The molecule has 0 saturated carbocycles. The molecule has 5 rings (SSSR count). The van der Waals surface area contributed by atoms with Gasteiger partial charge >= 0.3 is 5.97 Å². The zero-order valence-electron chi connectivity index (χ0n) is 19.9. The first-order valence-electron chi connectivity index (χ1n) is 12.0. The smallest absolute Gasteiger partial charge is 0.303 e. The van der Waals surface area contributed by atoms with Gasteiger partial charge in [0.05, 0.1) is 5.52 Å². The second-order valence-corrected chi connectivity index (χ2v) is 8.71. The van der Waals surface area contributed by atoms with Crippen molar-refractivity contribution < 1.29 is 14.6 Å². The van der Waals surface area contributed by atoms with Gasteiger partial charge in [-0.2, -0.15) is 0 Å². The Labute approximate surface area is 210 Å². The molecule has 0 unspecified atom stereocenters. The molecule has 0 aliphatic carbocycles. The van der Waals surface area contributed by atoms with Gasteiger partial charge in [0.2, 0.25) is 0 Å². The Kier molecular flexibility index (Phi) is 6.95. The van der Waals surface area contributed by atoms with Crippen LogP contribution in [0.3, 0.4) is 0 Å². The molecule has 0 fully saturated rings. The van der Waals surface area contributed by atoms with Crippen LogP contribution >= 0.6 is 0 Å². The Morgan fingerprint density at radius 1 is 0.806 bits per heavy atom. The lowest BCUT2D eigenvalue weighted by molar-refractivity contribution is -0.136. The maximum absolute atomic E-state index is 11.1. The van der Waals surface area contributed by atoms with Crippen molar-refractivity contribution in [3.05, 3.63) is 132 Å². The number of carboxylic acids is 1. The standard InChI is InChI=1S/C32H27NO3/c34-32(35)20-13-25-12-19-31-30(21-25)27(14-11-24-7-3-1-4-8-24)22-33(31)28-15-17-29(18-16-28)36-23-26-9-5-2-6-10-26/h1-12,14-19,21-22H,13,20,23H2,(H,34,35). The molecule has 0 spiro atoms. The molecule has 0 aliphatic rings. The van der Waals surface area contributed by atoms with Crippen LogP contribution in [-0.4, -0.2) is 15.6 Å². The van der Waals surface area contributed by atoms with Crippen molar-refractivity contribution in [3.63, 3.8) is 0 Å². The van der Waals surface area contributed by atoms with E-state index in [0.717, 1.165) is 44.6 Å². The summed E-state index contributed by atoms with van der Waals surface area (Å²) in [5, 5.41) is 10.2. The van der Waals surface area contributed by atoms with Crippen LogP contribution in [-0.2, 0) is 17.8 Å². The van der Waals surface area contributed by atoms with Crippen LogP contribution in [0.5, 0.6) is 5.75 Å². The predicted molar refractivity (Wildman–Crippen MR) is 145 cm³/mol. The molecule has 0 radical (unpaired) electrons. The Morgan fingerprint density at radius 2 is 1.53 bits per heavy atom. The summed E-state index contributed by atoms with van der Waals surface area (Å²) in [7, 11) is 0. The monoisotopic (exact) mass is 473 g/mol. The van der Waals surface area contributed by atoms with Gasteiger partial charge in [-0.15, -0.1) is 0 Å². The maximum Gasteiger partial charge on any atom is 0.303 e. The van der Waals surface area contributed by atoms with Gasteiger partial charge in [0.1, 0.15) is 12.4 Å². The Balaban J connectivity index is 1.45. The summed E-state index contributed by atoms with van der Waals surface area (Å²) in [5.41, 5.74) is 6.45. The molecule has 0 aliphatic heterocycles.